The average Bonchev–Trinajstić information content (AvgIpc) is 3.22. The SMILES string of the molecule is CCCCCCOc1cc2c(cc1OCCCCCC)NC(c1ccc(C=O)c(O)c1O)N2. The van der Waals surface area contributed by atoms with E-state index in [0.717, 1.165) is 37.1 Å². The van der Waals surface area contributed by atoms with Crippen LogP contribution in [0.2, 0.25) is 0 Å². The highest BCUT2D eigenvalue weighted by atomic mass is 16.5. The highest BCUT2D eigenvalue weighted by Crippen LogP contribution is 2.45. The van der Waals surface area contributed by atoms with E-state index in [9.17, 15) is 15.0 Å². The molecule has 0 aliphatic carbocycles. The molecule has 0 spiro atoms. The van der Waals surface area contributed by atoms with Gasteiger partial charge in [0.15, 0.2) is 29.3 Å². The Hall–Kier alpha value is -3.09. The van der Waals surface area contributed by atoms with E-state index >= 15 is 0 Å². The topological polar surface area (TPSA) is 100 Å². The third-order valence-corrected chi connectivity index (χ3v) is 5.85. The minimum atomic E-state index is -0.469. The molecule has 7 nitrogen and oxygen atoms in total. The van der Waals surface area contributed by atoms with Crippen LogP contribution in [0.25, 0.3) is 0 Å². The van der Waals surface area contributed by atoms with E-state index in [1.165, 1.54) is 31.7 Å². The second-order valence-corrected chi connectivity index (χ2v) is 8.44. The quantitative estimate of drug-likeness (QED) is 0.149. The molecule has 0 unspecified atom stereocenters. The van der Waals surface area contributed by atoms with Crippen LogP contribution in [0.3, 0.4) is 0 Å². The monoisotopic (exact) mass is 456 g/mol. The summed E-state index contributed by atoms with van der Waals surface area (Å²) in [5.41, 5.74) is 2.13. The molecule has 7 heteroatoms. The number of rotatable bonds is 14. The maximum Gasteiger partial charge on any atom is 0.168 e. The van der Waals surface area contributed by atoms with Gasteiger partial charge >= 0.3 is 0 Å². The van der Waals surface area contributed by atoms with E-state index < -0.39 is 11.9 Å². The van der Waals surface area contributed by atoms with Crippen LogP contribution in [0.4, 0.5) is 11.4 Å². The first-order chi connectivity index (χ1) is 16.1. The Morgan fingerprint density at radius 3 is 1.85 bits per heavy atom. The summed E-state index contributed by atoms with van der Waals surface area (Å²) in [6.07, 6.45) is 9.04. The first-order valence-electron chi connectivity index (χ1n) is 12.1. The molecule has 4 N–H and O–H groups in total. The molecule has 1 aliphatic heterocycles. The summed E-state index contributed by atoms with van der Waals surface area (Å²) < 4.78 is 12.2. The smallest absolute Gasteiger partial charge is 0.168 e. The summed E-state index contributed by atoms with van der Waals surface area (Å²) in [5.74, 6) is 0.643. The molecular formula is C26H36N2O5. The van der Waals surface area contributed by atoms with E-state index in [0.29, 0.717) is 36.6 Å². The summed E-state index contributed by atoms with van der Waals surface area (Å²) >= 11 is 0. The summed E-state index contributed by atoms with van der Waals surface area (Å²) in [4.78, 5) is 11.0. The van der Waals surface area contributed by atoms with Gasteiger partial charge in [-0.25, -0.2) is 0 Å². The number of phenolic OH excluding ortho intramolecular Hbond substituents is 2. The Bertz CT molecular complexity index is 888. The number of phenols is 2. The highest BCUT2D eigenvalue weighted by molar-refractivity contribution is 5.83. The number of nitrogens with one attached hydrogen (secondary N) is 2. The predicted octanol–water partition coefficient (Wildman–Crippen LogP) is 6.36. The molecule has 2 aromatic carbocycles. The second kappa shape index (κ2) is 12.2. The van der Waals surface area contributed by atoms with Gasteiger partial charge in [0.25, 0.3) is 0 Å². The number of unbranched alkanes of at least 4 members (excludes halogenated alkanes) is 6. The zero-order valence-corrected chi connectivity index (χ0v) is 19.7. The van der Waals surface area contributed by atoms with Crippen LogP contribution < -0.4 is 20.1 Å². The molecule has 0 saturated carbocycles. The fourth-order valence-electron chi connectivity index (χ4n) is 3.89. The van der Waals surface area contributed by atoms with E-state index in [1.807, 2.05) is 12.1 Å². The molecule has 33 heavy (non-hydrogen) atoms. The fraction of sp³-hybridized carbons (Fsp3) is 0.500. The molecular weight excluding hydrogens is 420 g/mol. The van der Waals surface area contributed by atoms with Gasteiger partial charge in [0.2, 0.25) is 0 Å². The van der Waals surface area contributed by atoms with Crippen molar-refractivity contribution in [1.82, 2.24) is 0 Å². The lowest BCUT2D eigenvalue weighted by Gasteiger charge is -2.15. The van der Waals surface area contributed by atoms with Crippen molar-refractivity contribution in [2.75, 3.05) is 23.8 Å². The standard InChI is InChI=1S/C26H36N2O5/c1-3-5-7-9-13-32-22-15-20-21(16-23(22)33-14-10-8-6-4-2)28-26(27-20)19-12-11-18(17-29)24(30)25(19)31/h11-12,15-17,26-28,30-31H,3-10,13-14H2,1-2H3. The Morgan fingerprint density at radius 2 is 1.36 bits per heavy atom. The maximum absolute atomic E-state index is 11.0. The number of carbonyl (C=O) groups excluding carboxylic acids is 1. The fourth-order valence-corrected chi connectivity index (χ4v) is 3.89. The van der Waals surface area contributed by atoms with Gasteiger partial charge in [-0.05, 0) is 18.9 Å². The summed E-state index contributed by atoms with van der Waals surface area (Å²) in [5, 5.41) is 27.1. The van der Waals surface area contributed by atoms with Gasteiger partial charge in [-0.1, -0.05) is 58.4 Å². The number of fused-ring (bicyclic) bond motifs is 1. The van der Waals surface area contributed by atoms with Crippen LogP contribution in [0.15, 0.2) is 24.3 Å². The van der Waals surface area contributed by atoms with E-state index in [-0.39, 0.29) is 11.3 Å². The molecule has 1 aliphatic rings. The van der Waals surface area contributed by atoms with Gasteiger partial charge in [0.05, 0.1) is 30.2 Å². The zero-order chi connectivity index (χ0) is 23.6. The van der Waals surface area contributed by atoms with E-state index in [2.05, 4.69) is 24.5 Å². The van der Waals surface area contributed by atoms with Crippen LogP contribution in [0, 0.1) is 0 Å². The van der Waals surface area contributed by atoms with Crippen molar-refractivity contribution in [2.45, 2.75) is 71.4 Å². The largest absolute Gasteiger partial charge is 0.504 e. The van der Waals surface area contributed by atoms with Crippen LogP contribution in [-0.2, 0) is 0 Å². The second-order valence-electron chi connectivity index (χ2n) is 8.44. The number of hydrogen-bond donors (Lipinski definition) is 4. The number of carbonyl (C=O) groups is 1. The first kappa shape index (κ1) is 24.6. The Kier molecular flexibility index (Phi) is 9.10. The molecule has 180 valence electrons. The highest BCUT2D eigenvalue weighted by Gasteiger charge is 2.27. The number of aldehydes is 1. The van der Waals surface area contributed by atoms with Crippen molar-refractivity contribution < 1.29 is 24.5 Å². The Balaban J connectivity index is 1.75. The van der Waals surface area contributed by atoms with Crippen molar-refractivity contribution in [3.63, 3.8) is 0 Å². The van der Waals surface area contributed by atoms with Crippen LogP contribution in [0.5, 0.6) is 23.0 Å². The van der Waals surface area contributed by atoms with Crippen LogP contribution in [-0.4, -0.2) is 29.7 Å². The molecule has 0 aromatic heterocycles. The first-order valence-corrected chi connectivity index (χ1v) is 12.1. The van der Waals surface area contributed by atoms with Gasteiger partial charge in [0.1, 0.15) is 6.17 Å². The molecule has 3 rings (SSSR count). The molecule has 0 atom stereocenters. The molecule has 0 bridgehead atoms. The van der Waals surface area contributed by atoms with Gasteiger partial charge in [-0.2, -0.15) is 0 Å². The van der Waals surface area contributed by atoms with Gasteiger partial charge in [-0.3, -0.25) is 4.79 Å². The Morgan fingerprint density at radius 1 is 0.818 bits per heavy atom. The molecule has 1 heterocycles. The van der Waals surface area contributed by atoms with Gasteiger partial charge < -0.3 is 30.3 Å². The third kappa shape index (κ3) is 6.24. The van der Waals surface area contributed by atoms with Crippen LogP contribution in [0.1, 0.15) is 87.3 Å². The van der Waals surface area contributed by atoms with E-state index in [1.54, 1.807) is 6.07 Å². The summed E-state index contributed by atoms with van der Waals surface area (Å²) in [6, 6.07) is 6.94. The van der Waals surface area contributed by atoms with Crippen molar-refractivity contribution in [3.05, 3.63) is 35.4 Å². The Labute approximate surface area is 196 Å². The molecule has 0 radical (unpaired) electrons. The van der Waals surface area contributed by atoms with Crippen LogP contribution >= 0.6 is 0 Å². The molecule has 2 aromatic rings. The predicted molar refractivity (Wildman–Crippen MR) is 131 cm³/mol. The number of ether oxygens (including phenoxy) is 2. The minimum Gasteiger partial charge on any atom is -0.504 e. The third-order valence-electron chi connectivity index (χ3n) is 5.85. The number of benzene rings is 2. The molecule has 0 fully saturated rings. The summed E-state index contributed by atoms with van der Waals surface area (Å²) in [7, 11) is 0. The van der Waals surface area contributed by atoms with E-state index in [4.69, 9.17) is 9.47 Å². The lowest BCUT2D eigenvalue weighted by molar-refractivity contribution is 0.112. The van der Waals surface area contributed by atoms with Crippen molar-refractivity contribution in [1.29, 1.82) is 0 Å². The van der Waals surface area contributed by atoms with Crippen molar-refractivity contribution in [3.8, 4) is 23.0 Å². The lowest BCUT2D eigenvalue weighted by Crippen LogP contribution is -2.12. The minimum absolute atomic E-state index is 0.0456. The molecule has 0 amide bonds. The van der Waals surface area contributed by atoms with Crippen molar-refractivity contribution >= 4 is 17.7 Å². The van der Waals surface area contributed by atoms with Crippen molar-refractivity contribution in [2.24, 2.45) is 0 Å². The summed E-state index contributed by atoms with van der Waals surface area (Å²) in [6.45, 7) is 5.63. The number of anilines is 2. The number of aromatic hydroxyl groups is 2. The lowest BCUT2D eigenvalue weighted by atomic mass is 10.1. The van der Waals surface area contributed by atoms with Gasteiger partial charge in [0, 0.05) is 17.7 Å². The zero-order valence-electron chi connectivity index (χ0n) is 19.7. The van der Waals surface area contributed by atoms with Gasteiger partial charge in [-0.15, -0.1) is 0 Å². The maximum atomic E-state index is 11.0. The normalized spacial score (nSPS) is 12.7. The number of hydrogen-bond acceptors (Lipinski definition) is 7. The average molecular weight is 457 g/mol. The molecule has 0 saturated heterocycles.